The van der Waals surface area contributed by atoms with Gasteiger partial charge >= 0.3 is 0 Å². The van der Waals surface area contributed by atoms with Gasteiger partial charge in [-0.15, -0.1) is 0 Å². The molecular weight excluding hydrogens is 236 g/mol. The Labute approximate surface area is 113 Å². The summed E-state index contributed by atoms with van der Waals surface area (Å²) in [6, 6.07) is 11.7. The van der Waals surface area contributed by atoms with Gasteiger partial charge in [0.2, 0.25) is 0 Å². The Morgan fingerprint density at radius 2 is 1.95 bits per heavy atom. The summed E-state index contributed by atoms with van der Waals surface area (Å²) in [6.07, 6.45) is 1.38. The van der Waals surface area contributed by atoms with Gasteiger partial charge in [0.05, 0.1) is 6.10 Å². The van der Waals surface area contributed by atoms with Crippen LogP contribution in [0.1, 0.15) is 34.1 Å². The molecule has 0 bridgehead atoms. The summed E-state index contributed by atoms with van der Waals surface area (Å²) in [5, 5.41) is 19.3. The average molecular weight is 252 g/mol. The van der Waals surface area contributed by atoms with Crippen molar-refractivity contribution in [3.63, 3.8) is 0 Å². The molecule has 0 aliphatic heterocycles. The van der Waals surface area contributed by atoms with Crippen molar-refractivity contribution in [2.24, 2.45) is 0 Å². The van der Waals surface area contributed by atoms with Gasteiger partial charge in [-0.2, -0.15) is 5.26 Å². The molecule has 1 aromatic carbocycles. The van der Waals surface area contributed by atoms with Crippen LogP contribution in [0.4, 0.5) is 0 Å². The molecule has 0 saturated heterocycles. The molecule has 2 rings (SSSR count). The Kier molecular flexibility index (Phi) is 3.94. The number of pyridine rings is 1. The predicted molar refractivity (Wildman–Crippen MR) is 73.5 cm³/mol. The van der Waals surface area contributed by atoms with E-state index in [2.05, 4.69) is 17.1 Å². The van der Waals surface area contributed by atoms with Crippen LogP contribution in [0.25, 0.3) is 0 Å². The van der Waals surface area contributed by atoms with Gasteiger partial charge in [-0.3, -0.25) is 0 Å². The number of aromatic nitrogens is 1. The highest BCUT2D eigenvalue weighted by Gasteiger charge is 2.12. The Balaban J connectivity index is 2.26. The normalized spacial score (nSPS) is 11.9. The van der Waals surface area contributed by atoms with Crippen LogP contribution in [0, 0.1) is 25.2 Å². The molecule has 96 valence electrons. The smallest absolute Gasteiger partial charge is 0.143 e. The van der Waals surface area contributed by atoms with E-state index < -0.39 is 6.10 Å². The van der Waals surface area contributed by atoms with Crippen molar-refractivity contribution in [2.45, 2.75) is 26.4 Å². The topological polar surface area (TPSA) is 56.9 Å². The van der Waals surface area contributed by atoms with Crippen LogP contribution in [-0.4, -0.2) is 10.1 Å². The summed E-state index contributed by atoms with van der Waals surface area (Å²) in [5.74, 6) is 0. The first kappa shape index (κ1) is 13.3. The Hall–Kier alpha value is -2.18. The van der Waals surface area contributed by atoms with Crippen molar-refractivity contribution >= 4 is 0 Å². The molecule has 0 saturated carbocycles. The van der Waals surface area contributed by atoms with Gasteiger partial charge in [0.1, 0.15) is 11.8 Å². The second-order valence-corrected chi connectivity index (χ2v) is 4.76. The highest BCUT2D eigenvalue weighted by molar-refractivity contribution is 5.34. The minimum Gasteiger partial charge on any atom is -0.388 e. The van der Waals surface area contributed by atoms with Gasteiger partial charge in [0.25, 0.3) is 0 Å². The molecule has 0 aliphatic rings. The molecule has 0 spiro atoms. The summed E-state index contributed by atoms with van der Waals surface area (Å²) in [5.41, 5.74) is 4.29. The van der Waals surface area contributed by atoms with Gasteiger partial charge in [0.15, 0.2) is 0 Å². The fraction of sp³-hybridized carbons (Fsp3) is 0.250. The summed E-state index contributed by atoms with van der Waals surface area (Å²) in [7, 11) is 0. The molecule has 0 fully saturated rings. The molecular formula is C16H16N2O. The van der Waals surface area contributed by atoms with E-state index in [-0.39, 0.29) is 0 Å². The summed E-state index contributed by atoms with van der Waals surface area (Å²) in [6.45, 7) is 4.02. The quantitative estimate of drug-likeness (QED) is 0.913. The van der Waals surface area contributed by atoms with Gasteiger partial charge in [-0.25, -0.2) is 4.98 Å². The van der Waals surface area contributed by atoms with E-state index in [0.717, 1.165) is 22.3 Å². The standard InChI is InChI=1S/C16H16N2O/c1-11-6-12(2)8-14(7-11)16(19)9-13-4-3-5-18-15(13)10-17/h3-8,16,19H,9H2,1-2H3. The minimum atomic E-state index is -0.616. The highest BCUT2D eigenvalue weighted by Crippen LogP contribution is 2.21. The van der Waals surface area contributed by atoms with Crippen LogP contribution in [0.5, 0.6) is 0 Å². The number of benzene rings is 1. The zero-order chi connectivity index (χ0) is 13.8. The molecule has 3 heteroatoms. The maximum Gasteiger partial charge on any atom is 0.143 e. The Morgan fingerprint density at radius 1 is 1.26 bits per heavy atom. The second kappa shape index (κ2) is 5.64. The molecule has 3 nitrogen and oxygen atoms in total. The fourth-order valence-corrected chi connectivity index (χ4v) is 2.23. The SMILES string of the molecule is Cc1cc(C)cc(C(O)Cc2cccnc2C#N)c1. The highest BCUT2D eigenvalue weighted by atomic mass is 16.3. The lowest BCUT2D eigenvalue weighted by Crippen LogP contribution is -2.05. The summed E-state index contributed by atoms with van der Waals surface area (Å²) >= 11 is 0. The van der Waals surface area contributed by atoms with Crippen LogP contribution in [0.3, 0.4) is 0 Å². The molecule has 2 aromatic rings. The molecule has 1 heterocycles. The van der Waals surface area contributed by atoms with Gasteiger partial charge in [0, 0.05) is 12.6 Å². The van der Waals surface area contributed by atoms with Crippen molar-refractivity contribution in [3.8, 4) is 6.07 Å². The third-order valence-electron chi connectivity index (χ3n) is 3.04. The van der Waals surface area contributed by atoms with Crippen molar-refractivity contribution in [2.75, 3.05) is 0 Å². The van der Waals surface area contributed by atoms with Crippen molar-refractivity contribution in [1.29, 1.82) is 5.26 Å². The molecule has 0 aliphatic carbocycles. The Morgan fingerprint density at radius 3 is 2.58 bits per heavy atom. The van der Waals surface area contributed by atoms with Crippen molar-refractivity contribution in [3.05, 3.63) is 64.5 Å². The van der Waals surface area contributed by atoms with Crippen LogP contribution in [-0.2, 0) is 6.42 Å². The number of rotatable bonds is 3. The molecule has 1 aromatic heterocycles. The fourth-order valence-electron chi connectivity index (χ4n) is 2.23. The number of nitrogens with zero attached hydrogens (tertiary/aromatic N) is 2. The van der Waals surface area contributed by atoms with E-state index in [9.17, 15) is 5.11 Å². The lowest BCUT2D eigenvalue weighted by atomic mass is 9.97. The molecule has 0 amide bonds. The van der Waals surface area contributed by atoms with Crippen LogP contribution < -0.4 is 0 Å². The molecule has 0 radical (unpaired) electrons. The lowest BCUT2D eigenvalue weighted by molar-refractivity contribution is 0.178. The van der Waals surface area contributed by atoms with E-state index in [1.807, 2.05) is 32.0 Å². The molecule has 1 unspecified atom stereocenters. The number of hydrogen-bond donors (Lipinski definition) is 1. The van der Waals surface area contributed by atoms with Gasteiger partial charge in [-0.05, 0) is 31.0 Å². The molecule has 1 atom stereocenters. The van der Waals surface area contributed by atoms with E-state index in [1.165, 1.54) is 0 Å². The maximum absolute atomic E-state index is 10.3. The first-order valence-corrected chi connectivity index (χ1v) is 6.20. The number of aliphatic hydroxyl groups is 1. The third kappa shape index (κ3) is 3.18. The number of hydrogen-bond acceptors (Lipinski definition) is 3. The van der Waals surface area contributed by atoms with E-state index in [0.29, 0.717) is 12.1 Å². The zero-order valence-corrected chi connectivity index (χ0v) is 11.1. The first-order chi connectivity index (χ1) is 9.10. The lowest BCUT2D eigenvalue weighted by Gasteiger charge is -2.13. The molecule has 19 heavy (non-hydrogen) atoms. The first-order valence-electron chi connectivity index (χ1n) is 6.20. The number of aryl methyl sites for hydroxylation is 2. The van der Waals surface area contributed by atoms with Crippen LogP contribution in [0.2, 0.25) is 0 Å². The Bertz CT molecular complexity index is 609. The van der Waals surface area contributed by atoms with Crippen molar-refractivity contribution in [1.82, 2.24) is 4.98 Å². The second-order valence-electron chi connectivity index (χ2n) is 4.76. The van der Waals surface area contributed by atoms with E-state index >= 15 is 0 Å². The zero-order valence-electron chi connectivity index (χ0n) is 11.1. The molecule has 1 N–H and O–H groups in total. The van der Waals surface area contributed by atoms with Crippen LogP contribution in [0.15, 0.2) is 36.5 Å². The van der Waals surface area contributed by atoms with Gasteiger partial charge < -0.3 is 5.11 Å². The summed E-state index contributed by atoms with van der Waals surface area (Å²) < 4.78 is 0. The van der Waals surface area contributed by atoms with E-state index in [4.69, 9.17) is 5.26 Å². The van der Waals surface area contributed by atoms with Gasteiger partial charge in [-0.1, -0.05) is 35.4 Å². The predicted octanol–water partition coefficient (Wildman–Crippen LogP) is 2.85. The maximum atomic E-state index is 10.3. The number of aliphatic hydroxyl groups excluding tert-OH is 1. The summed E-state index contributed by atoms with van der Waals surface area (Å²) in [4.78, 5) is 4.01. The van der Waals surface area contributed by atoms with E-state index in [1.54, 1.807) is 12.3 Å². The van der Waals surface area contributed by atoms with Crippen LogP contribution >= 0.6 is 0 Å². The monoisotopic (exact) mass is 252 g/mol. The number of nitriles is 1. The minimum absolute atomic E-state index is 0.380. The average Bonchev–Trinajstić information content (AvgIpc) is 2.38. The third-order valence-corrected chi connectivity index (χ3v) is 3.04. The van der Waals surface area contributed by atoms with Crippen molar-refractivity contribution < 1.29 is 5.11 Å². The largest absolute Gasteiger partial charge is 0.388 e.